The Labute approximate surface area is 123 Å². The van der Waals surface area contributed by atoms with E-state index < -0.39 is 0 Å². The summed E-state index contributed by atoms with van der Waals surface area (Å²) in [6.07, 6.45) is 4.45. The van der Waals surface area contributed by atoms with E-state index in [1.807, 2.05) is 36.7 Å². The van der Waals surface area contributed by atoms with Gasteiger partial charge in [-0.05, 0) is 29.3 Å². The van der Waals surface area contributed by atoms with Crippen molar-refractivity contribution in [2.75, 3.05) is 0 Å². The molecule has 0 aliphatic carbocycles. The van der Waals surface area contributed by atoms with Crippen molar-refractivity contribution < 1.29 is 0 Å². The first-order chi connectivity index (χ1) is 10.3. The van der Waals surface area contributed by atoms with Crippen molar-refractivity contribution in [3.05, 3.63) is 100 Å². The summed E-state index contributed by atoms with van der Waals surface area (Å²) in [5.74, 6) is 0. The van der Waals surface area contributed by atoms with Gasteiger partial charge in [-0.3, -0.25) is 9.78 Å². The molecule has 0 saturated heterocycles. The zero-order valence-corrected chi connectivity index (χ0v) is 11.6. The molecular formula is C18H16N2O. The fraction of sp³-hybridized carbons (Fsp3) is 0.111. The van der Waals surface area contributed by atoms with Gasteiger partial charge in [0.1, 0.15) is 0 Å². The fourth-order valence-corrected chi connectivity index (χ4v) is 2.26. The van der Waals surface area contributed by atoms with E-state index in [2.05, 4.69) is 29.2 Å². The van der Waals surface area contributed by atoms with Crippen LogP contribution in [0.15, 0.2) is 77.9 Å². The number of pyridine rings is 2. The molecule has 0 spiro atoms. The summed E-state index contributed by atoms with van der Waals surface area (Å²) >= 11 is 0. The minimum Gasteiger partial charge on any atom is -0.311 e. The molecule has 0 amide bonds. The lowest BCUT2D eigenvalue weighted by Crippen LogP contribution is -2.18. The molecule has 0 aliphatic heterocycles. The normalized spacial score (nSPS) is 10.5. The van der Waals surface area contributed by atoms with Crippen LogP contribution in [0.25, 0.3) is 0 Å². The van der Waals surface area contributed by atoms with Crippen molar-refractivity contribution in [2.24, 2.45) is 0 Å². The second kappa shape index (κ2) is 6.18. The topological polar surface area (TPSA) is 34.9 Å². The van der Waals surface area contributed by atoms with E-state index in [-0.39, 0.29) is 5.56 Å². The summed E-state index contributed by atoms with van der Waals surface area (Å²) in [4.78, 5) is 16.0. The van der Waals surface area contributed by atoms with Crippen LogP contribution in [0.2, 0.25) is 0 Å². The summed E-state index contributed by atoms with van der Waals surface area (Å²) in [6, 6.07) is 19.5. The fourth-order valence-electron chi connectivity index (χ4n) is 2.26. The van der Waals surface area contributed by atoms with Crippen LogP contribution in [0, 0.1) is 0 Å². The van der Waals surface area contributed by atoms with Crippen LogP contribution in [0.1, 0.15) is 16.8 Å². The second-order valence-electron chi connectivity index (χ2n) is 4.98. The molecule has 3 aromatic rings. The highest BCUT2D eigenvalue weighted by Gasteiger charge is 2.00. The molecule has 1 aromatic carbocycles. The third-order valence-corrected chi connectivity index (χ3v) is 3.39. The molecule has 0 fully saturated rings. The zero-order chi connectivity index (χ0) is 14.5. The summed E-state index contributed by atoms with van der Waals surface area (Å²) in [5.41, 5.74) is 3.42. The van der Waals surface area contributed by atoms with E-state index in [1.165, 1.54) is 5.56 Å². The van der Waals surface area contributed by atoms with Gasteiger partial charge in [-0.2, -0.15) is 0 Å². The van der Waals surface area contributed by atoms with Crippen molar-refractivity contribution in [2.45, 2.75) is 13.0 Å². The monoisotopic (exact) mass is 276 g/mol. The number of rotatable bonds is 4. The predicted molar refractivity (Wildman–Crippen MR) is 83.3 cm³/mol. The average molecular weight is 276 g/mol. The van der Waals surface area contributed by atoms with Gasteiger partial charge < -0.3 is 4.57 Å². The van der Waals surface area contributed by atoms with Gasteiger partial charge in [0.25, 0.3) is 5.56 Å². The standard InChI is InChI=1S/C18H16N2O/c21-18-6-2-4-12-20(18)14-16-9-7-15(8-10-16)13-17-5-1-3-11-19-17/h1-12H,13-14H2. The Balaban J connectivity index is 1.73. The molecule has 2 heterocycles. The second-order valence-corrected chi connectivity index (χ2v) is 4.98. The van der Waals surface area contributed by atoms with Gasteiger partial charge in [-0.1, -0.05) is 36.4 Å². The minimum atomic E-state index is 0.0232. The van der Waals surface area contributed by atoms with E-state index >= 15 is 0 Å². The van der Waals surface area contributed by atoms with E-state index in [0.29, 0.717) is 6.54 Å². The highest BCUT2D eigenvalue weighted by molar-refractivity contribution is 5.26. The number of benzene rings is 1. The molecule has 0 aliphatic rings. The maximum atomic E-state index is 11.7. The molecule has 0 N–H and O–H groups in total. The van der Waals surface area contributed by atoms with Gasteiger partial charge in [0, 0.05) is 30.6 Å². The molecular weight excluding hydrogens is 260 g/mol. The Morgan fingerprint density at radius 2 is 1.62 bits per heavy atom. The lowest BCUT2D eigenvalue weighted by molar-refractivity contribution is 0.759. The Morgan fingerprint density at radius 1 is 0.857 bits per heavy atom. The highest BCUT2D eigenvalue weighted by Crippen LogP contribution is 2.09. The number of hydrogen-bond acceptors (Lipinski definition) is 2. The van der Waals surface area contributed by atoms with Crippen molar-refractivity contribution >= 4 is 0 Å². The van der Waals surface area contributed by atoms with Crippen molar-refractivity contribution in [1.29, 1.82) is 0 Å². The van der Waals surface area contributed by atoms with Crippen molar-refractivity contribution in [3.63, 3.8) is 0 Å². The van der Waals surface area contributed by atoms with Gasteiger partial charge in [-0.25, -0.2) is 0 Å². The average Bonchev–Trinajstić information content (AvgIpc) is 2.52. The molecule has 3 rings (SSSR count). The Hall–Kier alpha value is -2.68. The molecule has 104 valence electrons. The van der Waals surface area contributed by atoms with Gasteiger partial charge >= 0.3 is 0 Å². The van der Waals surface area contributed by atoms with Gasteiger partial charge in [-0.15, -0.1) is 0 Å². The van der Waals surface area contributed by atoms with Crippen molar-refractivity contribution in [3.8, 4) is 0 Å². The lowest BCUT2D eigenvalue weighted by atomic mass is 10.1. The molecule has 3 heteroatoms. The first-order valence-corrected chi connectivity index (χ1v) is 6.94. The van der Waals surface area contributed by atoms with Crippen LogP contribution < -0.4 is 5.56 Å². The van der Waals surface area contributed by atoms with Crippen LogP contribution in [-0.2, 0) is 13.0 Å². The Kier molecular flexibility index (Phi) is 3.92. The minimum absolute atomic E-state index is 0.0232. The van der Waals surface area contributed by atoms with Gasteiger partial charge in [0.2, 0.25) is 0 Å². The third kappa shape index (κ3) is 3.45. The molecule has 3 nitrogen and oxygen atoms in total. The van der Waals surface area contributed by atoms with Crippen LogP contribution in [0.5, 0.6) is 0 Å². The van der Waals surface area contributed by atoms with Crippen LogP contribution in [0.4, 0.5) is 0 Å². The molecule has 0 atom stereocenters. The van der Waals surface area contributed by atoms with E-state index in [4.69, 9.17) is 0 Å². The smallest absolute Gasteiger partial charge is 0.250 e. The van der Waals surface area contributed by atoms with Crippen molar-refractivity contribution in [1.82, 2.24) is 9.55 Å². The van der Waals surface area contributed by atoms with Crippen LogP contribution in [-0.4, -0.2) is 9.55 Å². The highest BCUT2D eigenvalue weighted by atomic mass is 16.1. The zero-order valence-electron chi connectivity index (χ0n) is 11.6. The maximum absolute atomic E-state index is 11.7. The van der Waals surface area contributed by atoms with Gasteiger partial charge in [0.15, 0.2) is 0 Å². The summed E-state index contributed by atoms with van der Waals surface area (Å²) in [6.45, 7) is 0.601. The molecule has 21 heavy (non-hydrogen) atoms. The molecule has 0 radical (unpaired) electrons. The molecule has 2 aromatic heterocycles. The Morgan fingerprint density at radius 3 is 2.33 bits per heavy atom. The van der Waals surface area contributed by atoms with E-state index in [9.17, 15) is 4.79 Å². The number of aromatic nitrogens is 2. The van der Waals surface area contributed by atoms with Gasteiger partial charge in [0.05, 0.1) is 6.54 Å². The third-order valence-electron chi connectivity index (χ3n) is 3.39. The van der Waals surface area contributed by atoms with E-state index in [1.54, 1.807) is 16.7 Å². The Bertz CT molecular complexity index is 761. The summed E-state index contributed by atoms with van der Waals surface area (Å²) < 4.78 is 1.70. The largest absolute Gasteiger partial charge is 0.311 e. The number of hydrogen-bond donors (Lipinski definition) is 0. The molecule has 0 unspecified atom stereocenters. The SMILES string of the molecule is O=c1ccccn1Cc1ccc(Cc2ccccn2)cc1. The molecule has 0 bridgehead atoms. The van der Waals surface area contributed by atoms with E-state index in [0.717, 1.165) is 17.7 Å². The first-order valence-electron chi connectivity index (χ1n) is 6.94. The summed E-state index contributed by atoms with van der Waals surface area (Å²) in [7, 11) is 0. The molecule has 0 saturated carbocycles. The van der Waals surface area contributed by atoms with Crippen LogP contribution in [0.3, 0.4) is 0 Å². The lowest BCUT2D eigenvalue weighted by Gasteiger charge is -2.06. The quantitative estimate of drug-likeness (QED) is 0.734. The predicted octanol–water partition coefficient (Wildman–Crippen LogP) is 2.88. The first kappa shape index (κ1) is 13.3. The summed E-state index contributed by atoms with van der Waals surface area (Å²) in [5, 5.41) is 0. The van der Waals surface area contributed by atoms with Crippen LogP contribution >= 0.6 is 0 Å². The number of nitrogens with zero attached hydrogens (tertiary/aromatic N) is 2. The maximum Gasteiger partial charge on any atom is 0.250 e.